The van der Waals surface area contributed by atoms with E-state index in [-0.39, 0.29) is 11.8 Å². The highest BCUT2D eigenvalue weighted by Gasteiger charge is 2.10. The number of rotatable bonds is 5. The molecule has 6 nitrogen and oxygen atoms in total. The molecule has 136 valence electrons. The number of aromatic nitrogens is 2. The highest BCUT2D eigenvalue weighted by Crippen LogP contribution is 2.18. The van der Waals surface area contributed by atoms with Crippen LogP contribution in [0.2, 0.25) is 0 Å². The van der Waals surface area contributed by atoms with E-state index in [1.807, 2.05) is 37.3 Å². The average Bonchev–Trinajstić information content (AvgIpc) is 3.13. The number of hydrogen-bond donors (Lipinski definition) is 1. The van der Waals surface area contributed by atoms with Crippen molar-refractivity contribution < 1.29 is 9.59 Å². The predicted molar refractivity (Wildman–Crippen MR) is 106 cm³/mol. The van der Waals surface area contributed by atoms with Crippen LogP contribution in [0.25, 0.3) is 5.69 Å². The number of likely N-dealkylation sites (N-methyl/N-ethyl adjacent to an activating group) is 1. The minimum atomic E-state index is -0.228. The molecule has 0 atom stereocenters. The van der Waals surface area contributed by atoms with Crippen LogP contribution in [-0.2, 0) is 4.79 Å². The Balaban J connectivity index is 1.75. The summed E-state index contributed by atoms with van der Waals surface area (Å²) in [5, 5.41) is 7.16. The predicted octanol–water partition coefficient (Wildman–Crippen LogP) is 3.58. The highest BCUT2D eigenvalue weighted by molar-refractivity contribution is 6.05. The van der Waals surface area contributed by atoms with E-state index >= 15 is 0 Å². The van der Waals surface area contributed by atoms with Gasteiger partial charge in [0.1, 0.15) is 0 Å². The summed E-state index contributed by atoms with van der Waals surface area (Å²) >= 11 is 0. The van der Waals surface area contributed by atoms with E-state index in [1.54, 1.807) is 42.2 Å². The molecular formula is C21H20N4O2. The van der Waals surface area contributed by atoms with Gasteiger partial charge >= 0.3 is 0 Å². The van der Waals surface area contributed by atoms with Crippen molar-refractivity contribution in [2.75, 3.05) is 17.3 Å². The Morgan fingerprint density at radius 1 is 1.15 bits per heavy atom. The number of benzene rings is 2. The molecule has 0 bridgehead atoms. The zero-order valence-corrected chi connectivity index (χ0v) is 15.2. The fourth-order valence-corrected chi connectivity index (χ4v) is 2.66. The zero-order valence-electron chi connectivity index (χ0n) is 15.2. The second-order valence-corrected chi connectivity index (χ2v) is 6.04. The van der Waals surface area contributed by atoms with Crippen molar-refractivity contribution in [1.29, 1.82) is 0 Å². The third-order valence-electron chi connectivity index (χ3n) is 4.20. The summed E-state index contributed by atoms with van der Waals surface area (Å²) in [7, 11) is 1.65. The molecule has 0 spiro atoms. The molecule has 0 fully saturated rings. The molecule has 2 aromatic carbocycles. The number of hydrogen-bond acceptors (Lipinski definition) is 3. The summed E-state index contributed by atoms with van der Waals surface area (Å²) in [6.45, 7) is 5.44. The molecule has 0 aliphatic carbocycles. The van der Waals surface area contributed by atoms with Gasteiger partial charge in [-0.15, -0.1) is 0 Å². The smallest absolute Gasteiger partial charge is 0.255 e. The van der Waals surface area contributed by atoms with E-state index < -0.39 is 0 Å². The van der Waals surface area contributed by atoms with Crippen LogP contribution in [0.15, 0.2) is 73.4 Å². The molecule has 1 N–H and O–H groups in total. The van der Waals surface area contributed by atoms with E-state index in [4.69, 9.17) is 0 Å². The van der Waals surface area contributed by atoms with Gasteiger partial charge in [0, 0.05) is 35.9 Å². The topological polar surface area (TPSA) is 67.2 Å². The lowest BCUT2D eigenvalue weighted by Crippen LogP contribution is -2.23. The van der Waals surface area contributed by atoms with Gasteiger partial charge in [-0.2, -0.15) is 5.10 Å². The molecule has 3 aromatic rings. The van der Waals surface area contributed by atoms with Crippen LogP contribution in [0.3, 0.4) is 0 Å². The van der Waals surface area contributed by atoms with Crippen LogP contribution in [0.1, 0.15) is 16.1 Å². The Bertz CT molecular complexity index is 989. The molecule has 1 heterocycles. The van der Waals surface area contributed by atoms with Crippen molar-refractivity contribution >= 4 is 23.2 Å². The molecule has 0 saturated carbocycles. The van der Waals surface area contributed by atoms with Gasteiger partial charge in [0.15, 0.2) is 0 Å². The first-order chi connectivity index (χ1) is 13.0. The van der Waals surface area contributed by atoms with Crippen molar-refractivity contribution in [3.63, 3.8) is 0 Å². The highest BCUT2D eigenvalue weighted by atomic mass is 16.2. The Labute approximate surface area is 157 Å². The number of carbonyl (C=O) groups is 2. The van der Waals surface area contributed by atoms with E-state index in [0.717, 1.165) is 11.4 Å². The van der Waals surface area contributed by atoms with Crippen molar-refractivity contribution in [2.24, 2.45) is 0 Å². The van der Waals surface area contributed by atoms with Gasteiger partial charge < -0.3 is 10.2 Å². The van der Waals surface area contributed by atoms with Crippen LogP contribution in [-0.4, -0.2) is 28.6 Å². The first-order valence-electron chi connectivity index (χ1n) is 8.42. The Kier molecular flexibility index (Phi) is 5.17. The molecule has 1 aromatic heterocycles. The number of carbonyl (C=O) groups excluding carboxylic acids is 2. The normalized spacial score (nSPS) is 10.3. The van der Waals surface area contributed by atoms with E-state index in [9.17, 15) is 9.59 Å². The third kappa shape index (κ3) is 3.95. The molecule has 0 unspecified atom stereocenters. The SMILES string of the molecule is C=CC(=O)N(C)c1ccc(C(=O)Nc2cccc(-n3nccc3C)c2)cc1. The lowest BCUT2D eigenvalue weighted by molar-refractivity contribution is -0.113. The summed E-state index contributed by atoms with van der Waals surface area (Å²) < 4.78 is 1.80. The monoisotopic (exact) mass is 360 g/mol. The minimum Gasteiger partial charge on any atom is -0.322 e. The largest absolute Gasteiger partial charge is 0.322 e. The molecule has 2 amide bonds. The first kappa shape index (κ1) is 18.1. The van der Waals surface area contributed by atoms with Crippen molar-refractivity contribution in [2.45, 2.75) is 6.92 Å². The van der Waals surface area contributed by atoms with Gasteiger partial charge in [-0.05, 0) is 61.5 Å². The summed E-state index contributed by atoms with van der Waals surface area (Å²) in [6.07, 6.45) is 2.98. The summed E-state index contributed by atoms with van der Waals surface area (Å²) in [4.78, 5) is 25.6. The zero-order chi connectivity index (χ0) is 19.4. The van der Waals surface area contributed by atoms with Crippen molar-refractivity contribution in [3.05, 3.63) is 84.7 Å². The fourth-order valence-electron chi connectivity index (χ4n) is 2.66. The maximum absolute atomic E-state index is 12.5. The van der Waals surface area contributed by atoms with Gasteiger partial charge in [0.05, 0.1) is 5.69 Å². The molecule has 3 rings (SSSR count). The third-order valence-corrected chi connectivity index (χ3v) is 4.20. The number of anilines is 2. The summed E-state index contributed by atoms with van der Waals surface area (Å²) in [5.74, 6) is -0.438. The maximum atomic E-state index is 12.5. The number of aryl methyl sites for hydroxylation is 1. The number of amides is 2. The maximum Gasteiger partial charge on any atom is 0.255 e. The first-order valence-corrected chi connectivity index (χ1v) is 8.42. The molecule has 0 aliphatic rings. The molecule has 0 aliphatic heterocycles. The van der Waals surface area contributed by atoms with Crippen LogP contribution >= 0.6 is 0 Å². The molecule has 6 heteroatoms. The number of nitrogens with one attached hydrogen (secondary N) is 1. The molecular weight excluding hydrogens is 340 g/mol. The lowest BCUT2D eigenvalue weighted by atomic mass is 10.1. The second-order valence-electron chi connectivity index (χ2n) is 6.04. The van der Waals surface area contributed by atoms with Gasteiger partial charge in [-0.1, -0.05) is 12.6 Å². The Hall–Kier alpha value is -3.67. The van der Waals surface area contributed by atoms with Gasteiger partial charge in [0.2, 0.25) is 5.91 Å². The van der Waals surface area contributed by atoms with Gasteiger partial charge in [-0.25, -0.2) is 4.68 Å². The van der Waals surface area contributed by atoms with Crippen molar-refractivity contribution in [1.82, 2.24) is 9.78 Å². The molecule has 0 saturated heterocycles. The van der Waals surface area contributed by atoms with E-state index in [2.05, 4.69) is 17.0 Å². The van der Waals surface area contributed by atoms with Gasteiger partial charge in [0.25, 0.3) is 5.91 Å². The van der Waals surface area contributed by atoms with Crippen LogP contribution in [0.4, 0.5) is 11.4 Å². The lowest BCUT2D eigenvalue weighted by Gasteiger charge is -2.15. The van der Waals surface area contributed by atoms with Crippen LogP contribution < -0.4 is 10.2 Å². The van der Waals surface area contributed by atoms with Gasteiger partial charge in [-0.3, -0.25) is 9.59 Å². The molecule has 27 heavy (non-hydrogen) atoms. The Morgan fingerprint density at radius 3 is 2.52 bits per heavy atom. The van der Waals surface area contributed by atoms with Crippen LogP contribution in [0, 0.1) is 6.92 Å². The van der Waals surface area contributed by atoms with Crippen LogP contribution in [0.5, 0.6) is 0 Å². The average molecular weight is 360 g/mol. The minimum absolute atomic E-state index is 0.210. The van der Waals surface area contributed by atoms with E-state index in [1.165, 1.54) is 11.0 Å². The van der Waals surface area contributed by atoms with E-state index in [0.29, 0.717) is 16.9 Å². The quantitative estimate of drug-likeness (QED) is 0.707. The van der Waals surface area contributed by atoms with Crippen molar-refractivity contribution in [3.8, 4) is 5.69 Å². The summed E-state index contributed by atoms with van der Waals surface area (Å²) in [5.41, 5.74) is 3.74. The summed E-state index contributed by atoms with van der Waals surface area (Å²) in [6, 6.07) is 16.2. The Morgan fingerprint density at radius 2 is 1.89 bits per heavy atom. The second kappa shape index (κ2) is 7.70. The number of nitrogens with zero attached hydrogens (tertiary/aromatic N) is 3. The standard InChI is InChI=1S/C21H20N4O2/c1-4-20(26)24(3)18-10-8-16(9-11-18)21(27)23-17-6-5-7-19(14-17)25-15(2)12-13-22-25/h4-14H,1H2,2-3H3,(H,23,27). The fraction of sp³-hybridized carbons (Fsp3) is 0.0952. The molecule has 0 radical (unpaired) electrons.